The molecule has 6 nitrogen and oxygen atoms in total. The highest BCUT2D eigenvalue weighted by atomic mass is 16.5. The highest BCUT2D eigenvalue weighted by molar-refractivity contribution is 6.22. The largest absolute Gasteiger partial charge is 0.461 e. The van der Waals surface area contributed by atoms with E-state index < -0.39 is 11.9 Å². The Morgan fingerprint density at radius 3 is 2.50 bits per heavy atom. The fraction of sp³-hybridized carbons (Fsp3) is 0.395. The molecule has 3 aliphatic rings. The predicted molar refractivity (Wildman–Crippen MR) is 173 cm³/mol. The first-order chi connectivity index (χ1) is 21.3. The molecule has 228 valence electrons. The van der Waals surface area contributed by atoms with E-state index >= 15 is 0 Å². The molecule has 2 amide bonds. The van der Waals surface area contributed by atoms with E-state index in [9.17, 15) is 14.4 Å². The SMILES string of the molecule is Cc1ccc(/C=C2\[C@H]3CCC[C@]2(COC(=O)c2ccccc2N2C(=O)CC(C)C2=O)CN(CCCc2ccccc2)C3)cc1. The van der Waals surface area contributed by atoms with Gasteiger partial charge >= 0.3 is 5.97 Å². The molecule has 1 aliphatic carbocycles. The summed E-state index contributed by atoms with van der Waals surface area (Å²) in [7, 11) is 0. The number of amides is 2. The minimum Gasteiger partial charge on any atom is -0.461 e. The Kier molecular flexibility index (Phi) is 8.81. The molecule has 1 saturated carbocycles. The quantitative estimate of drug-likeness (QED) is 0.201. The number of piperidine rings is 1. The number of hydrogen-bond acceptors (Lipinski definition) is 5. The number of aryl methyl sites for hydroxylation is 2. The van der Waals surface area contributed by atoms with Crippen LogP contribution in [-0.4, -0.2) is 48.9 Å². The van der Waals surface area contributed by atoms with Crippen molar-refractivity contribution in [2.24, 2.45) is 17.3 Å². The lowest BCUT2D eigenvalue weighted by atomic mass is 9.62. The zero-order chi connectivity index (χ0) is 30.7. The summed E-state index contributed by atoms with van der Waals surface area (Å²) in [5.41, 5.74) is 5.42. The van der Waals surface area contributed by atoms with Crippen molar-refractivity contribution in [1.82, 2.24) is 4.90 Å². The molecule has 2 bridgehead atoms. The van der Waals surface area contributed by atoms with E-state index in [-0.39, 0.29) is 35.8 Å². The van der Waals surface area contributed by atoms with Crippen molar-refractivity contribution >= 4 is 29.5 Å². The Bertz CT molecular complexity index is 1550. The number of anilines is 1. The second-order valence-electron chi connectivity index (χ2n) is 13.0. The van der Waals surface area contributed by atoms with Crippen molar-refractivity contribution in [2.75, 3.05) is 31.1 Å². The smallest absolute Gasteiger partial charge is 0.340 e. The number of nitrogens with zero attached hydrogens (tertiary/aromatic N) is 2. The van der Waals surface area contributed by atoms with Crippen LogP contribution in [0, 0.1) is 24.2 Å². The number of carbonyl (C=O) groups excluding carboxylic acids is 3. The third kappa shape index (κ3) is 6.27. The van der Waals surface area contributed by atoms with Crippen molar-refractivity contribution in [3.05, 3.63) is 107 Å². The number of benzene rings is 3. The van der Waals surface area contributed by atoms with Gasteiger partial charge in [0, 0.05) is 30.8 Å². The molecule has 3 atom stereocenters. The van der Waals surface area contributed by atoms with Crippen LogP contribution in [0.4, 0.5) is 5.69 Å². The number of esters is 1. The van der Waals surface area contributed by atoms with Crippen LogP contribution in [0.15, 0.2) is 84.4 Å². The number of hydrogen-bond donors (Lipinski definition) is 0. The van der Waals surface area contributed by atoms with Crippen LogP contribution in [0.2, 0.25) is 0 Å². The predicted octanol–water partition coefficient (Wildman–Crippen LogP) is 6.87. The van der Waals surface area contributed by atoms with Crippen LogP contribution < -0.4 is 4.90 Å². The lowest BCUT2D eigenvalue weighted by Gasteiger charge is -2.51. The van der Waals surface area contributed by atoms with Gasteiger partial charge < -0.3 is 9.64 Å². The molecule has 1 unspecified atom stereocenters. The first-order valence-electron chi connectivity index (χ1n) is 16.0. The van der Waals surface area contributed by atoms with Crippen LogP contribution in [0.5, 0.6) is 0 Å². The third-order valence-corrected chi connectivity index (χ3v) is 9.66. The summed E-state index contributed by atoms with van der Waals surface area (Å²) in [6.45, 7) is 6.97. The van der Waals surface area contributed by atoms with Gasteiger partial charge in [0.25, 0.3) is 0 Å². The van der Waals surface area contributed by atoms with Crippen molar-refractivity contribution in [1.29, 1.82) is 0 Å². The molecule has 6 heteroatoms. The van der Waals surface area contributed by atoms with E-state index in [1.165, 1.54) is 22.3 Å². The van der Waals surface area contributed by atoms with Gasteiger partial charge in [0.2, 0.25) is 11.8 Å². The lowest BCUT2D eigenvalue weighted by Crippen LogP contribution is -2.53. The summed E-state index contributed by atoms with van der Waals surface area (Å²) in [4.78, 5) is 43.0. The fourth-order valence-corrected chi connectivity index (χ4v) is 7.38. The average molecular weight is 591 g/mol. The second-order valence-corrected chi connectivity index (χ2v) is 13.0. The van der Waals surface area contributed by atoms with E-state index in [0.29, 0.717) is 11.6 Å². The van der Waals surface area contributed by atoms with Crippen LogP contribution in [0.1, 0.15) is 66.1 Å². The number of fused-ring (bicyclic) bond motifs is 2. The Hall–Kier alpha value is -4.03. The van der Waals surface area contributed by atoms with E-state index in [2.05, 4.69) is 72.5 Å². The molecule has 2 heterocycles. The monoisotopic (exact) mass is 590 g/mol. The molecule has 3 aromatic rings. The van der Waals surface area contributed by atoms with Crippen LogP contribution in [-0.2, 0) is 20.7 Å². The van der Waals surface area contributed by atoms with Gasteiger partial charge in [-0.15, -0.1) is 0 Å². The van der Waals surface area contributed by atoms with Crippen LogP contribution >= 0.6 is 0 Å². The fourth-order valence-electron chi connectivity index (χ4n) is 7.38. The van der Waals surface area contributed by atoms with Crippen molar-refractivity contribution in [3.8, 4) is 0 Å². The molecule has 3 aromatic carbocycles. The molecule has 0 N–H and O–H groups in total. The minimum atomic E-state index is -0.492. The van der Waals surface area contributed by atoms with Gasteiger partial charge in [-0.05, 0) is 68.3 Å². The number of likely N-dealkylation sites (tertiary alicyclic amines) is 1. The van der Waals surface area contributed by atoms with Gasteiger partial charge in [-0.3, -0.25) is 9.59 Å². The molecule has 6 rings (SSSR count). The van der Waals surface area contributed by atoms with Crippen molar-refractivity contribution in [2.45, 2.75) is 52.4 Å². The van der Waals surface area contributed by atoms with Gasteiger partial charge in [-0.2, -0.15) is 0 Å². The third-order valence-electron chi connectivity index (χ3n) is 9.66. The maximum Gasteiger partial charge on any atom is 0.340 e. The van der Waals surface area contributed by atoms with Gasteiger partial charge in [-0.1, -0.05) is 97.3 Å². The number of imide groups is 1. The summed E-state index contributed by atoms with van der Waals surface area (Å²) >= 11 is 0. The summed E-state index contributed by atoms with van der Waals surface area (Å²) < 4.78 is 6.20. The molecule has 0 aromatic heterocycles. The lowest BCUT2D eigenvalue weighted by molar-refractivity contribution is -0.122. The van der Waals surface area contributed by atoms with Crippen molar-refractivity contribution < 1.29 is 19.1 Å². The molecule has 44 heavy (non-hydrogen) atoms. The minimum absolute atomic E-state index is 0.153. The highest BCUT2D eigenvalue weighted by Crippen LogP contribution is 2.49. The van der Waals surface area contributed by atoms with Crippen LogP contribution in [0.25, 0.3) is 6.08 Å². The van der Waals surface area contributed by atoms with E-state index in [1.807, 2.05) is 0 Å². The van der Waals surface area contributed by atoms with E-state index in [1.54, 1.807) is 31.2 Å². The molecular formula is C38H42N2O4. The standard InChI is InChI=1S/C38H42N2O4/c1-27-16-18-30(19-17-27)23-33-31-13-8-20-38(33,25-39(24-31)21-9-12-29-10-4-3-5-11-29)26-44-37(43)32-14-6-7-15-34(32)40-35(41)22-28(2)36(40)42/h3-7,10-11,14-19,23,28,31H,8-9,12-13,20-22,24-26H2,1-2H3/b33-23+/t28?,31-,38+/m0/s1. The number of carbonyl (C=O) groups is 3. The number of ether oxygens (including phenoxy) is 1. The maximum absolute atomic E-state index is 13.7. The molecule has 2 saturated heterocycles. The average Bonchev–Trinajstić information content (AvgIpc) is 3.28. The first-order valence-corrected chi connectivity index (χ1v) is 16.0. The Balaban J connectivity index is 1.25. The Labute approximate surface area is 260 Å². The number of para-hydroxylation sites is 1. The van der Waals surface area contributed by atoms with E-state index in [4.69, 9.17) is 4.74 Å². The Morgan fingerprint density at radius 2 is 1.75 bits per heavy atom. The van der Waals surface area contributed by atoms with Gasteiger partial charge in [0.15, 0.2) is 0 Å². The van der Waals surface area contributed by atoms with Gasteiger partial charge in [0.05, 0.1) is 11.3 Å². The summed E-state index contributed by atoms with van der Waals surface area (Å²) in [5.74, 6) is -1.03. The van der Waals surface area contributed by atoms with Crippen molar-refractivity contribution in [3.63, 3.8) is 0 Å². The van der Waals surface area contributed by atoms with E-state index in [0.717, 1.165) is 56.6 Å². The molecular weight excluding hydrogens is 548 g/mol. The topological polar surface area (TPSA) is 66.9 Å². The summed E-state index contributed by atoms with van der Waals surface area (Å²) in [6.07, 6.45) is 7.78. The maximum atomic E-state index is 13.7. The highest BCUT2D eigenvalue weighted by Gasteiger charge is 2.47. The number of rotatable bonds is 9. The molecule has 2 aliphatic heterocycles. The first kappa shape index (κ1) is 30.0. The summed E-state index contributed by atoms with van der Waals surface area (Å²) in [5, 5.41) is 0. The zero-order valence-electron chi connectivity index (χ0n) is 25.8. The normalized spacial score (nSPS) is 24.6. The van der Waals surface area contributed by atoms with Gasteiger partial charge in [-0.25, -0.2) is 9.69 Å². The molecule has 0 radical (unpaired) electrons. The Morgan fingerprint density at radius 1 is 1.00 bits per heavy atom. The molecule has 3 fully saturated rings. The van der Waals surface area contributed by atoms with Gasteiger partial charge in [0.1, 0.15) is 6.61 Å². The molecule has 0 spiro atoms. The second kappa shape index (κ2) is 12.9. The zero-order valence-corrected chi connectivity index (χ0v) is 25.8. The summed E-state index contributed by atoms with van der Waals surface area (Å²) in [6, 6.07) is 26.1. The van der Waals surface area contributed by atoms with Crippen LogP contribution in [0.3, 0.4) is 0 Å².